The number of halogens is 1. The van der Waals surface area contributed by atoms with Crippen LogP contribution in [-0.4, -0.2) is 17.8 Å². The fraction of sp³-hybridized carbons (Fsp3) is 0.588. The number of rotatable bonds is 6. The standard InChI is InChI=1S/C17H24BrNO/c1-14-5-4-6-15(11-14)7-8-16(20)19-13-17(12-18)9-2-3-10-17/h4-6,11H,2-3,7-10,12-13H2,1H3,(H,19,20). The summed E-state index contributed by atoms with van der Waals surface area (Å²) in [5, 5.41) is 4.13. The number of hydrogen-bond donors (Lipinski definition) is 1. The molecule has 1 amide bonds. The van der Waals surface area contributed by atoms with Crippen LogP contribution in [0.25, 0.3) is 0 Å². The van der Waals surface area contributed by atoms with E-state index in [1.807, 2.05) is 0 Å². The largest absolute Gasteiger partial charge is 0.356 e. The van der Waals surface area contributed by atoms with Gasteiger partial charge in [0.25, 0.3) is 0 Å². The van der Waals surface area contributed by atoms with E-state index in [0.717, 1.165) is 18.3 Å². The minimum Gasteiger partial charge on any atom is -0.356 e. The first-order valence-electron chi connectivity index (χ1n) is 7.52. The van der Waals surface area contributed by atoms with Crippen LogP contribution in [0.5, 0.6) is 0 Å². The fourth-order valence-electron chi connectivity index (χ4n) is 2.98. The maximum absolute atomic E-state index is 12.0. The number of aryl methyl sites for hydroxylation is 2. The molecule has 0 aliphatic heterocycles. The van der Waals surface area contributed by atoms with Gasteiger partial charge in [-0.25, -0.2) is 0 Å². The minimum absolute atomic E-state index is 0.179. The number of hydrogen-bond acceptors (Lipinski definition) is 1. The summed E-state index contributed by atoms with van der Waals surface area (Å²) in [6, 6.07) is 8.39. The van der Waals surface area contributed by atoms with Crippen molar-refractivity contribution in [2.75, 3.05) is 11.9 Å². The molecule has 1 aromatic rings. The van der Waals surface area contributed by atoms with Crippen LogP contribution in [0.1, 0.15) is 43.2 Å². The molecular formula is C17H24BrNO. The Bertz CT molecular complexity index is 452. The van der Waals surface area contributed by atoms with Crippen LogP contribution < -0.4 is 5.32 Å². The highest BCUT2D eigenvalue weighted by Crippen LogP contribution is 2.38. The quantitative estimate of drug-likeness (QED) is 0.781. The van der Waals surface area contributed by atoms with Crippen LogP contribution in [0, 0.1) is 12.3 Å². The van der Waals surface area contributed by atoms with Crippen molar-refractivity contribution in [3.63, 3.8) is 0 Å². The van der Waals surface area contributed by atoms with E-state index in [9.17, 15) is 4.79 Å². The van der Waals surface area contributed by atoms with Crippen LogP contribution in [0.15, 0.2) is 24.3 Å². The van der Waals surface area contributed by atoms with Crippen molar-refractivity contribution < 1.29 is 4.79 Å². The van der Waals surface area contributed by atoms with Crippen molar-refractivity contribution in [1.82, 2.24) is 5.32 Å². The van der Waals surface area contributed by atoms with Crippen LogP contribution in [0.3, 0.4) is 0 Å². The van der Waals surface area contributed by atoms with E-state index < -0.39 is 0 Å². The minimum atomic E-state index is 0.179. The topological polar surface area (TPSA) is 29.1 Å². The van der Waals surface area contributed by atoms with E-state index in [0.29, 0.717) is 11.8 Å². The summed E-state index contributed by atoms with van der Waals surface area (Å²) in [4.78, 5) is 12.0. The molecule has 0 aromatic heterocycles. The van der Waals surface area contributed by atoms with Gasteiger partial charge < -0.3 is 5.32 Å². The van der Waals surface area contributed by atoms with Crippen molar-refractivity contribution >= 4 is 21.8 Å². The first-order valence-corrected chi connectivity index (χ1v) is 8.64. The van der Waals surface area contributed by atoms with E-state index >= 15 is 0 Å². The zero-order valence-corrected chi connectivity index (χ0v) is 13.8. The smallest absolute Gasteiger partial charge is 0.220 e. The normalized spacial score (nSPS) is 17.1. The number of nitrogens with one attached hydrogen (secondary N) is 1. The van der Waals surface area contributed by atoms with E-state index in [1.165, 1.54) is 36.8 Å². The molecule has 1 aliphatic rings. The van der Waals surface area contributed by atoms with Gasteiger partial charge in [0.05, 0.1) is 0 Å². The van der Waals surface area contributed by atoms with Gasteiger partial charge >= 0.3 is 0 Å². The molecule has 0 spiro atoms. The molecule has 0 saturated heterocycles. The average molecular weight is 338 g/mol. The summed E-state index contributed by atoms with van der Waals surface area (Å²) in [6.45, 7) is 2.91. The van der Waals surface area contributed by atoms with E-state index in [2.05, 4.69) is 52.4 Å². The molecule has 0 radical (unpaired) electrons. The summed E-state index contributed by atoms with van der Waals surface area (Å²) < 4.78 is 0. The second-order valence-electron chi connectivity index (χ2n) is 6.11. The van der Waals surface area contributed by atoms with E-state index in [4.69, 9.17) is 0 Å². The third kappa shape index (κ3) is 4.34. The molecular weight excluding hydrogens is 314 g/mol. The molecule has 2 nitrogen and oxygen atoms in total. The van der Waals surface area contributed by atoms with Gasteiger partial charge in [-0.1, -0.05) is 58.6 Å². The van der Waals surface area contributed by atoms with Crippen molar-refractivity contribution in [3.05, 3.63) is 35.4 Å². The van der Waals surface area contributed by atoms with Crippen molar-refractivity contribution in [3.8, 4) is 0 Å². The Balaban J connectivity index is 1.75. The molecule has 1 N–H and O–H groups in total. The third-order valence-corrected chi connectivity index (χ3v) is 5.52. The predicted octanol–water partition coefficient (Wildman–Crippen LogP) is 4.00. The highest BCUT2D eigenvalue weighted by Gasteiger charge is 2.32. The zero-order valence-electron chi connectivity index (χ0n) is 12.3. The number of carbonyl (C=O) groups is 1. The summed E-state index contributed by atoms with van der Waals surface area (Å²) in [7, 11) is 0. The summed E-state index contributed by atoms with van der Waals surface area (Å²) in [5.74, 6) is 0.179. The van der Waals surface area contributed by atoms with Gasteiger partial charge in [0.15, 0.2) is 0 Å². The predicted molar refractivity (Wildman–Crippen MR) is 87.2 cm³/mol. The molecule has 1 aromatic carbocycles. The Hall–Kier alpha value is -0.830. The molecule has 1 saturated carbocycles. The van der Waals surface area contributed by atoms with Crippen LogP contribution in [0.4, 0.5) is 0 Å². The molecule has 20 heavy (non-hydrogen) atoms. The van der Waals surface area contributed by atoms with Gasteiger partial charge in [0.2, 0.25) is 5.91 Å². The maximum Gasteiger partial charge on any atom is 0.220 e. The summed E-state index contributed by atoms with van der Waals surface area (Å²) in [6.07, 6.45) is 6.47. The molecule has 1 fully saturated rings. The molecule has 0 bridgehead atoms. The first kappa shape index (κ1) is 15.6. The van der Waals surface area contributed by atoms with Crippen LogP contribution in [-0.2, 0) is 11.2 Å². The van der Waals surface area contributed by atoms with Crippen LogP contribution in [0.2, 0.25) is 0 Å². The second-order valence-corrected chi connectivity index (χ2v) is 6.67. The highest BCUT2D eigenvalue weighted by atomic mass is 79.9. The lowest BCUT2D eigenvalue weighted by Crippen LogP contribution is -2.37. The van der Waals surface area contributed by atoms with Crippen molar-refractivity contribution in [1.29, 1.82) is 0 Å². The molecule has 2 rings (SSSR count). The van der Waals surface area contributed by atoms with Gasteiger partial charge in [0.1, 0.15) is 0 Å². The van der Waals surface area contributed by atoms with Gasteiger partial charge in [0, 0.05) is 18.3 Å². The van der Waals surface area contributed by atoms with Crippen molar-refractivity contribution in [2.24, 2.45) is 5.41 Å². The highest BCUT2D eigenvalue weighted by molar-refractivity contribution is 9.09. The van der Waals surface area contributed by atoms with Gasteiger partial charge in [-0.2, -0.15) is 0 Å². The second kappa shape index (κ2) is 7.26. The van der Waals surface area contributed by atoms with Gasteiger partial charge in [-0.3, -0.25) is 4.79 Å². The average Bonchev–Trinajstić information content (AvgIpc) is 2.92. The molecule has 110 valence electrons. The van der Waals surface area contributed by atoms with Gasteiger partial charge in [-0.05, 0) is 37.2 Å². The fourth-order valence-corrected chi connectivity index (χ4v) is 3.74. The molecule has 1 aliphatic carbocycles. The monoisotopic (exact) mass is 337 g/mol. The number of amides is 1. The molecule has 3 heteroatoms. The van der Waals surface area contributed by atoms with Crippen LogP contribution >= 0.6 is 15.9 Å². The zero-order chi connectivity index (χ0) is 14.4. The SMILES string of the molecule is Cc1cccc(CCC(=O)NCC2(CBr)CCCC2)c1. The van der Waals surface area contributed by atoms with Gasteiger partial charge in [-0.15, -0.1) is 0 Å². The van der Waals surface area contributed by atoms with E-state index in [-0.39, 0.29) is 5.91 Å². The lowest BCUT2D eigenvalue weighted by molar-refractivity contribution is -0.121. The Morgan fingerprint density at radius 1 is 1.35 bits per heavy atom. The number of alkyl halides is 1. The van der Waals surface area contributed by atoms with E-state index in [1.54, 1.807) is 0 Å². The Labute approximate surface area is 130 Å². The first-order chi connectivity index (χ1) is 9.63. The number of carbonyl (C=O) groups excluding carboxylic acids is 1. The molecule has 0 atom stereocenters. The Morgan fingerprint density at radius 3 is 2.75 bits per heavy atom. The Kier molecular flexibility index (Phi) is 5.64. The Morgan fingerprint density at radius 2 is 2.10 bits per heavy atom. The maximum atomic E-state index is 12.0. The summed E-state index contributed by atoms with van der Waals surface area (Å²) >= 11 is 3.62. The third-order valence-electron chi connectivity index (χ3n) is 4.33. The molecule has 0 heterocycles. The van der Waals surface area contributed by atoms with Crippen molar-refractivity contribution in [2.45, 2.75) is 45.4 Å². The summed E-state index contributed by atoms with van der Waals surface area (Å²) in [5.41, 5.74) is 2.81. The lowest BCUT2D eigenvalue weighted by Gasteiger charge is -2.26. The number of benzene rings is 1. The molecule has 0 unspecified atom stereocenters. The lowest BCUT2D eigenvalue weighted by atomic mass is 9.89.